The molecule has 0 radical (unpaired) electrons. The highest BCUT2D eigenvalue weighted by Crippen LogP contribution is 2.05. The Bertz CT molecular complexity index is 540. The van der Waals surface area contributed by atoms with Crippen molar-refractivity contribution >= 4 is 5.91 Å². The van der Waals surface area contributed by atoms with E-state index in [-0.39, 0.29) is 5.91 Å². The van der Waals surface area contributed by atoms with Gasteiger partial charge in [-0.15, -0.1) is 0 Å². The van der Waals surface area contributed by atoms with Crippen LogP contribution in [0, 0.1) is 0 Å². The molecule has 1 heterocycles. The predicted octanol–water partition coefficient (Wildman–Crippen LogP) is 1.24. The molecule has 0 unspecified atom stereocenters. The van der Waals surface area contributed by atoms with Crippen LogP contribution >= 0.6 is 0 Å². The molecular weight excluding hydrogens is 252 g/mol. The van der Waals surface area contributed by atoms with E-state index < -0.39 is 0 Å². The van der Waals surface area contributed by atoms with Crippen LogP contribution in [0.3, 0.4) is 0 Å². The van der Waals surface area contributed by atoms with Crippen LogP contribution in [0.5, 0.6) is 0 Å². The van der Waals surface area contributed by atoms with E-state index in [1.807, 2.05) is 43.4 Å². The van der Waals surface area contributed by atoms with Crippen LogP contribution in [0.25, 0.3) is 0 Å². The van der Waals surface area contributed by atoms with E-state index >= 15 is 0 Å². The number of carbonyl (C=O) groups is 1. The first-order chi connectivity index (χ1) is 9.79. The van der Waals surface area contributed by atoms with Crippen molar-refractivity contribution in [2.45, 2.75) is 13.1 Å². The Morgan fingerprint density at radius 2 is 1.90 bits per heavy atom. The molecule has 2 aromatic rings. The molecule has 0 aliphatic heterocycles. The van der Waals surface area contributed by atoms with E-state index in [1.54, 1.807) is 12.4 Å². The van der Waals surface area contributed by atoms with Crippen LogP contribution in [0.4, 0.5) is 0 Å². The van der Waals surface area contributed by atoms with E-state index in [4.69, 9.17) is 0 Å². The highest BCUT2D eigenvalue weighted by atomic mass is 16.1. The summed E-state index contributed by atoms with van der Waals surface area (Å²) in [6, 6.07) is 11.3. The van der Waals surface area contributed by atoms with E-state index in [0.717, 1.165) is 11.1 Å². The van der Waals surface area contributed by atoms with Crippen molar-refractivity contribution in [1.82, 2.24) is 21.2 Å². The number of rotatable bonds is 6. The average molecular weight is 270 g/mol. The highest BCUT2D eigenvalue weighted by molar-refractivity contribution is 5.94. The number of carbonyl (C=O) groups excluding carboxylic acids is 1. The molecule has 0 bridgehead atoms. The van der Waals surface area contributed by atoms with Crippen molar-refractivity contribution in [3.05, 3.63) is 65.5 Å². The normalized spacial score (nSPS) is 10.2. The van der Waals surface area contributed by atoms with Gasteiger partial charge in [-0.3, -0.25) is 20.6 Å². The van der Waals surface area contributed by atoms with Crippen LogP contribution in [0.2, 0.25) is 0 Å². The number of nitrogens with one attached hydrogen (secondary N) is 3. The second-order valence-corrected chi connectivity index (χ2v) is 4.34. The summed E-state index contributed by atoms with van der Waals surface area (Å²) in [6.07, 6.45) is 3.45. The summed E-state index contributed by atoms with van der Waals surface area (Å²) in [5.74, 6) is -0.0815. The van der Waals surface area contributed by atoms with Crippen molar-refractivity contribution < 1.29 is 4.79 Å². The smallest absolute Gasteiger partial charge is 0.251 e. The van der Waals surface area contributed by atoms with Gasteiger partial charge in [0.2, 0.25) is 0 Å². The maximum atomic E-state index is 12.0. The number of hydrogen-bond acceptors (Lipinski definition) is 4. The predicted molar refractivity (Wildman–Crippen MR) is 77.7 cm³/mol. The molecule has 0 aliphatic carbocycles. The second kappa shape index (κ2) is 7.37. The molecule has 0 fully saturated rings. The molecule has 20 heavy (non-hydrogen) atoms. The van der Waals surface area contributed by atoms with Crippen molar-refractivity contribution in [1.29, 1.82) is 0 Å². The second-order valence-electron chi connectivity index (χ2n) is 4.34. The minimum atomic E-state index is -0.0815. The van der Waals surface area contributed by atoms with Gasteiger partial charge in [-0.1, -0.05) is 18.2 Å². The van der Waals surface area contributed by atoms with Crippen molar-refractivity contribution in [3.63, 3.8) is 0 Å². The third-order valence-corrected chi connectivity index (χ3v) is 2.86. The molecule has 0 saturated carbocycles. The Morgan fingerprint density at radius 1 is 1.10 bits per heavy atom. The van der Waals surface area contributed by atoms with E-state index in [2.05, 4.69) is 21.2 Å². The molecule has 104 valence electrons. The fourth-order valence-electron chi connectivity index (χ4n) is 1.75. The van der Waals surface area contributed by atoms with Crippen molar-refractivity contribution in [3.8, 4) is 0 Å². The van der Waals surface area contributed by atoms with E-state index in [9.17, 15) is 4.79 Å². The van der Waals surface area contributed by atoms with Crippen LogP contribution in [0.15, 0.2) is 48.8 Å². The van der Waals surface area contributed by atoms with E-state index in [0.29, 0.717) is 18.7 Å². The Morgan fingerprint density at radius 3 is 2.55 bits per heavy atom. The third-order valence-electron chi connectivity index (χ3n) is 2.86. The summed E-state index contributed by atoms with van der Waals surface area (Å²) in [4.78, 5) is 16.0. The standard InChI is InChI=1S/C15H18N4O/c1-16-19-11-12-4-6-14(7-5-12)15(20)18-10-13-3-2-8-17-9-13/h2-9,16,19H,10-11H2,1H3,(H,18,20). The summed E-state index contributed by atoms with van der Waals surface area (Å²) < 4.78 is 0. The van der Waals surface area contributed by atoms with Crippen LogP contribution in [-0.2, 0) is 13.1 Å². The molecule has 2 rings (SSSR count). The number of hydrazine groups is 1. The molecule has 1 aromatic heterocycles. The minimum absolute atomic E-state index is 0.0815. The lowest BCUT2D eigenvalue weighted by molar-refractivity contribution is 0.0951. The van der Waals surface area contributed by atoms with Crippen LogP contribution in [-0.4, -0.2) is 17.9 Å². The monoisotopic (exact) mass is 270 g/mol. The Labute approximate surface area is 118 Å². The number of nitrogens with zero attached hydrogens (tertiary/aromatic N) is 1. The summed E-state index contributed by atoms with van der Waals surface area (Å²) in [7, 11) is 1.82. The van der Waals surface area contributed by atoms with Gasteiger partial charge >= 0.3 is 0 Å². The Hall–Kier alpha value is -2.24. The van der Waals surface area contributed by atoms with Crippen molar-refractivity contribution in [2.24, 2.45) is 0 Å². The molecule has 0 atom stereocenters. The van der Waals surface area contributed by atoms with Crippen LogP contribution < -0.4 is 16.2 Å². The number of amides is 1. The molecule has 3 N–H and O–H groups in total. The molecule has 1 aromatic carbocycles. The SMILES string of the molecule is CNNCc1ccc(C(=O)NCc2cccnc2)cc1. The summed E-state index contributed by atoms with van der Waals surface area (Å²) in [5.41, 5.74) is 8.61. The van der Waals surface area contributed by atoms with Crippen LogP contribution in [0.1, 0.15) is 21.5 Å². The topological polar surface area (TPSA) is 66.0 Å². The quantitative estimate of drug-likeness (QED) is 0.691. The average Bonchev–Trinajstić information content (AvgIpc) is 2.52. The molecular formula is C15H18N4O. The number of pyridine rings is 1. The summed E-state index contributed by atoms with van der Waals surface area (Å²) in [6.45, 7) is 1.20. The molecule has 5 nitrogen and oxygen atoms in total. The number of benzene rings is 1. The lowest BCUT2D eigenvalue weighted by Gasteiger charge is -2.07. The Balaban J connectivity index is 1.89. The van der Waals surface area contributed by atoms with Crippen molar-refractivity contribution in [2.75, 3.05) is 7.05 Å². The highest BCUT2D eigenvalue weighted by Gasteiger charge is 2.05. The van der Waals surface area contributed by atoms with Gasteiger partial charge in [0.1, 0.15) is 0 Å². The lowest BCUT2D eigenvalue weighted by Crippen LogP contribution is -2.26. The molecule has 0 aliphatic rings. The first-order valence-electron chi connectivity index (χ1n) is 6.45. The summed E-state index contributed by atoms with van der Waals surface area (Å²) >= 11 is 0. The molecule has 0 spiro atoms. The lowest BCUT2D eigenvalue weighted by atomic mass is 10.1. The van der Waals surface area contributed by atoms with Gasteiger partial charge in [0.25, 0.3) is 5.91 Å². The minimum Gasteiger partial charge on any atom is -0.348 e. The zero-order valence-corrected chi connectivity index (χ0v) is 11.4. The zero-order valence-electron chi connectivity index (χ0n) is 11.4. The van der Waals surface area contributed by atoms with Gasteiger partial charge in [0.05, 0.1) is 0 Å². The maximum Gasteiger partial charge on any atom is 0.251 e. The van der Waals surface area contributed by atoms with Gasteiger partial charge in [0.15, 0.2) is 0 Å². The van der Waals surface area contributed by atoms with Gasteiger partial charge in [0, 0.05) is 31.0 Å². The fraction of sp³-hybridized carbons (Fsp3) is 0.200. The van der Waals surface area contributed by atoms with Gasteiger partial charge in [-0.05, 0) is 36.4 Å². The number of hydrogen-bond donors (Lipinski definition) is 3. The molecule has 1 amide bonds. The maximum absolute atomic E-state index is 12.0. The van der Waals surface area contributed by atoms with Gasteiger partial charge < -0.3 is 5.32 Å². The third kappa shape index (κ3) is 4.15. The summed E-state index contributed by atoms with van der Waals surface area (Å²) in [5, 5.41) is 2.87. The van der Waals surface area contributed by atoms with Gasteiger partial charge in [-0.2, -0.15) is 0 Å². The fourth-order valence-corrected chi connectivity index (χ4v) is 1.75. The number of aromatic nitrogens is 1. The molecule has 0 saturated heterocycles. The largest absolute Gasteiger partial charge is 0.348 e. The first-order valence-corrected chi connectivity index (χ1v) is 6.45. The van der Waals surface area contributed by atoms with Gasteiger partial charge in [-0.25, -0.2) is 0 Å². The Kier molecular flexibility index (Phi) is 5.23. The molecule has 5 heteroatoms. The first kappa shape index (κ1) is 14.2. The zero-order chi connectivity index (χ0) is 14.2. The van der Waals surface area contributed by atoms with E-state index in [1.165, 1.54) is 0 Å².